The minimum Gasteiger partial charge on any atom is -0.338 e. The van der Waals surface area contributed by atoms with Gasteiger partial charge in [0.1, 0.15) is 5.82 Å². The molecule has 0 aliphatic heterocycles. The average molecular weight is 299 g/mol. The lowest BCUT2D eigenvalue weighted by atomic mass is 10.2. The summed E-state index contributed by atoms with van der Waals surface area (Å²) in [4.78, 5) is 8.24. The number of pyridine rings is 2. The Morgan fingerprint density at radius 2 is 2.19 bits per heavy atom. The van der Waals surface area contributed by atoms with Crippen molar-refractivity contribution in [3.8, 4) is 0 Å². The maximum atomic E-state index is 6.06. The van der Waals surface area contributed by atoms with Crippen LogP contribution in [-0.2, 0) is 0 Å². The topological polar surface area (TPSA) is 37.8 Å². The van der Waals surface area contributed by atoms with Gasteiger partial charge in [0.2, 0.25) is 0 Å². The van der Waals surface area contributed by atoms with Crippen LogP contribution in [0.2, 0.25) is 5.02 Å². The second-order valence-corrected chi connectivity index (χ2v) is 4.62. The van der Waals surface area contributed by atoms with Crippen LogP contribution < -0.4 is 5.32 Å². The summed E-state index contributed by atoms with van der Waals surface area (Å²) in [6.45, 7) is 2.00. The number of aryl methyl sites for hydroxylation is 1. The number of nitrogens with zero attached hydrogens (tertiary/aromatic N) is 2. The van der Waals surface area contributed by atoms with E-state index in [1.165, 1.54) is 0 Å². The van der Waals surface area contributed by atoms with Crippen molar-refractivity contribution in [2.75, 3.05) is 5.32 Å². The summed E-state index contributed by atoms with van der Waals surface area (Å²) in [5.74, 6) is 0.626. The van der Waals surface area contributed by atoms with Crippen LogP contribution in [0.1, 0.15) is 5.56 Å². The Morgan fingerprint density at radius 1 is 1.38 bits per heavy atom. The van der Waals surface area contributed by atoms with Crippen molar-refractivity contribution < 1.29 is 0 Å². The van der Waals surface area contributed by atoms with E-state index in [0.717, 1.165) is 15.7 Å². The maximum absolute atomic E-state index is 6.06. The van der Waals surface area contributed by atoms with Gasteiger partial charge < -0.3 is 5.32 Å². The standard InChI is InChI=1S/C11H9BrClN3/c1-7-2-3-14-6-10(7)16-11-9(13)4-8(12)5-15-11/h2-6H,1H3,(H,15,16). The Morgan fingerprint density at radius 3 is 2.88 bits per heavy atom. The predicted molar refractivity (Wildman–Crippen MR) is 69.2 cm³/mol. The van der Waals surface area contributed by atoms with E-state index in [1.807, 2.05) is 13.0 Å². The molecule has 0 fully saturated rings. The SMILES string of the molecule is Cc1ccncc1Nc1ncc(Br)cc1Cl. The second-order valence-electron chi connectivity index (χ2n) is 3.30. The third kappa shape index (κ3) is 2.51. The van der Waals surface area contributed by atoms with E-state index < -0.39 is 0 Å². The Kier molecular flexibility index (Phi) is 3.41. The normalized spacial score (nSPS) is 10.2. The molecular formula is C11H9BrClN3. The van der Waals surface area contributed by atoms with Crippen molar-refractivity contribution in [2.24, 2.45) is 0 Å². The van der Waals surface area contributed by atoms with Crippen molar-refractivity contribution in [1.29, 1.82) is 0 Å². The second kappa shape index (κ2) is 4.80. The Balaban J connectivity index is 2.31. The number of hydrogen-bond acceptors (Lipinski definition) is 3. The summed E-state index contributed by atoms with van der Waals surface area (Å²) in [6, 6.07) is 3.72. The van der Waals surface area contributed by atoms with Gasteiger partial charge in [-0.1, -0.05) is 11.6 Å². The fraction of sp³-hybridized carbons (Fsp3) is 0.0909. The average Bonchev–Trinajstić information content (AvgIpc) is 2.25. The zero-order valence-electron chi connectivity index (χ0n) is 8.54. The van der Waals surface area contributed by atoms with Gasteiger partial charge in [-0.2, -0.15) is 0 Å². The van der Waals surface area contributed by atoms with E-state index in [9.17, 15) is 0 Å². The number of aromatic nitrogens is 2. The van der Waals surface area contributed by atoms with Gasteiger partial charge in [0.25, 0.3) is 0 Å². The van der Waals surface area contributed by atoms with E-state index in [4.69, 9.17) is 11.6 Å². The van der Waals surface area contributed by atoms with Gasteiger partial charge in [-0.25, -0.2) is 4.98 Å². The highest BCUT2D eigenvalue weighted by atomic mass is 79.9. The Hall–Kier alpha value is -1.13. The monoisotopic (exact) mass is 297 g/mol. The number of hydrogen-bond donors (Lipinski definition) is 1. The van der Waals surface area contributed by atoms with Gasteiger partial charge in [-0.3, -0.25) is 4.98 Å². The molecule has 0 amide bonds. The molecule has 5 heteroatoms. The third-order valence-corrected chi connectivity index (χ3v) is 2.82. The molecule has 0 aromatic carbocycles. The Bertz CT molecular complexity index is 516. The number of halogens is 2. The lowest BCUT2D eigenvalue weighted by molar-refractivity contribution is 1.24. The quantitative estimate of drug-likeness (QED) is 0.912. The van der Waals surface area contributed by atoms with Gasteiger partial charge in [0, 0.05) is 16.9 Å². The molecule has 3 nitrogen and oxygen atoms in total. The van der Waals surface area contributed by atoms with E-state index in [0.29, 0.717) is 10.8 Å². The zero-order chi connectivity index (χ0) is 11.5. The van der Waals surface area contributed by atoms with E-state index in [1.54, 1.807) is 24.7 Å². The zero-order valence-corrected chi connectivity index (χ0v) is 10.9. The molecule has 0 saturated heterocycles. The molecule has 82 valence electrons. The predicted octanol–water partition coefficient (Wildman–Crippen LogP) is 3.94. The summed E-state index contributed by atoms with van der Waals surface area (Å²) >= 11 is 9.37. The first-order valence-corrected chi connectivity index (χ1v) is 5.82. The fourth-order valence-corrected chi connectivity index (χ4v) is 1.91. The number of anilines is 2. The molecule has 0 aliphatic carbocycles. The summed E-state index contributed by atoms with van der Waals surface area (Å²) in [5.41, 5.74) is 2.00. The van der Waals surface area contributed by atoms with Crippen LogP contribution >= 0.6 is 27.5 Å². The molecule has 0 radical (unpaired) electrons. The molecule has 0 aliphatic rings. The summed E-state index contributed by atoms with van der Waals surface area (Å²) in [5, 5.41) is 3.71. The van der Waals surface area contributed by atoms with Crippen molar-refractivity contribution >= 4 is 39.0 Å². The van der Waals surface area contributed by atoms with Gasteiger partial charge in [0.05, 0.1) is 16.9 Å². The maximum Gasteiger partial charge on any atom is 0.149 e. The highest BCUT2D eigenvalue weighted by Gasteiger charge is 2.04. The molecule has 2 aromatic rings. The smallest absolute Gasteiger partial charge is 0.149 e. The van der Waals surface area contributed by atoms with Crippen molar-refractivity contribution in [3.05, 3.63) is 45.8 Å². The molecule has 2 aromatic heterocycles. The molecule has 0 unspecified atom stereocenters. The molecule has 2 heterocycles. The van der Waals surface area contributed by atoms with Crippen LogP contribution in [0.25, 0.3) is 0 Å². The number of nitrogens with one attached hydrogen (secondary N) is 1. The van der Waals surface area contributed by atoms with Crippen molar-refractivity contribution in [3.63, 3.8) is 0 Å². The van der Waals surface area contributed by atoms with Crippen molar-refractivity contribution in [1.82, 2.24) is 9.97 Å². The first-order valence-electron chi connectivity index (χ1n) is 4.65. The third-order valence-electron chi connectivity index (χ3n) is 2.10. The summed E-state index contributed by atoms with van der Waals surface area (Å²) in [6.07, 6.45) is 5.19. The fourth-order valence-electron chi connectivity index (χ4n) is 1.23. The largest absolute Gasteiger partial charge is 0.338 e. The van der Waals surface area contributed by atoms with Crippen LogP contribution in [0.5, 0.6) is 0 Å². The molecule has 16 heavy (non-hydrogen) atoms. The highest BCUT2D eigenvalue weighted by Crippen LogP contribution is 2.26. The minimum absolute atomic E-state index is 0.567. The van der Waals surface area contributed by atoms with Crippen molar-refractivity contribution in [2.45, 2.75) is 6.92 Å². The van der Waals surface area contributed by atoms with Crippen LogP contribution in [0.4, 0.5) is 11.5 Å². The molecule has 0 atom stereocenters. The van der Waals surface area contributed by atoms with Crippen LogP contribution in [0.15, 0.2) is 35.2 Å². The summed E-state index contributed by atoms with van der Waals surface area (Å²) < 4.78 is 0.853. The first-order chi connectivity index (χ1) is 7.66. The molecule has 1 N–H and O–H groups in total. The van der Waals surface area contributed by atoms with E-state index >= 15 is 0 Å². The van der Waals surface area contributed by atoms with Gasteiger partial charge >= 0.3 is 0 Å². The highest BCUT2D eigenvalue weighted by molar-refractivity contribution is 9.10. The van der Waals surface area contributed by atoms with Crippen LogP contribution in [-0.4, -0.2) is 9.97 Å². The molecule has 0 spiro atoms. The lowest BCUT2D eigenvalue weighted by Crippen LogP contribution is -1.96. The van der Waals surface area contributed by atoms with E-state index in [2.05, 4.69) is 31.2 Å². The molecule has 0 saturated carbocycles. The van der Waals surface area contributed by atoms with Gasteiger partial charge in [-0.15, -0.1) is 0 Å². The van der Waals surface area contributed by atoms with Gasteiger partial charge in [-0.05, 0) is 40.5 Å². The lowest BCUT2D eigenvalue weighted by Gasteiger charge is -2.09. The molecular weight excluding hydrogens is 289 g/mol. The Labute approximate surface area is 107 Å². The molecule has 0 bridgehead atoms. The summed E-state index contributed by atoms with van der Waals surface area (Å²) in [7, 11) is 0. The molecule has 2 rings (SSSR count). The minimum atomic E-state index is 0.567. The van der Waals surface area contributed by atoms with Gasteiger partial charge in [0.15, 0.2) is 0 Å². The number of rotatable bonds is 2. The first kappa shape index (κ1) is 11.4. The van der Waals surface area contributed by atoms with Crippen LogP contribution in [0, 0.1) is 6.92 Å². The van der Waals surface area contributed by atoms with Crippen LogP contribution in [0.3, 0.4) is 0 Å². The van der Waals surface area contributed by atoms with E-state index in [-0.39, 0.29) is 0 Å².